The molecule has 0 aromatic carbocycles. The molecule has 0 aliphatic rings. The first-order valence-electron chi connectivity index (χ1n) is 3.52. The summed E-state index contributed by atoms with van der Waals surface area (Å²) in [4.78, 5) is 0. The normalized spacial score (nSPS) is 19.6. The molecule has 84 valence electrons. The standard InChI is InChI=1S/C6H10F2O6/c7-6(8,4(11)2-14-13)5(12)3(10)1-9/h2-5,9-12H,1H2/t3-,4+,5-/m1/s1. The minimum absolute atomic E-state index is 0.146. The van der Waals surface area contributed by atoms with Crippen LogP contribution >= 0.6 is 0 Å². The first-order chi connectivity index (χ1) is 6.37. The molecule has 0 bridgehead atoms. The number of aliphatic hydroxyl groups is 4. The zero-order chi connectivity index (χ0) is 11.4. The molecular formula is C6H10F2O6. The van der Waals surface area contributed by atoms with E-state index in [0.717, 1.165) is 0 Å². The van der Waals surface area contributed by atoms with Crippen LogP contribution in [0, 0.1) is 0 Å². The van der Waals surface area contributed by atoms with E-state index in [0.29, 0.717) is 0 Å². The molecule has 0 saturated carbocycles. The Labute approximate surface area is 77.3 Å². The highest BCUT2D eigenvalue weighted by atomic mass is 19.3. The van der Waals surface area contributed by atoms with Crippen molar-refractivity contribution in [2.75, 3.05) is 6.61 Å². The zero-order valence-corrected chi connectivity index (χ0v) is 6.88. The lowest BCUT2D eigenvalue weighted by molar-refractivity contribution is -1.04. The van der Waals surface area contributed by atoms with Crippen molar-refractivity contribution >= 4 is 6.29 Å². The van der Waals surface area contributed by atoms with Crippen LogP contribution in [0.1, 0.15) is 0 Å². The molecule has 4 N–H and O–H groups in total. The second-order valence-electron chi connectivity index (χ2n) is 2.55. The van der Waals surface area contributed by atoms with Crippen molar-refractivity contribution in [2.24, 2.45) is 0 Å². The summed E-state index contributed by atoms with van der Waals surface area (Å²) < 4.78 is 28.5. The summed E-state index contributed by atoms with van der Waals surface area (Å²) >= 11 is 0. The fourth-order valence-corrected chi connectivity index (χ4v) is 0.675. The highest BCUT2D eigenvalue weighted by molar-refractivity contribution is 5.57. The molecule has 8 heteroatoms. The molecule has 0 spiro atoms. The summed E-state index contributed by atoms with van der Waals surface area (Å²) in [6.45, 7) is -1.11. The molecule has 0 aliphatic heterocycles. The number of hydrogen-bond donors (Lipinski definition) is 4. The molecule has 0 amide bonds. The van der Waals surface area contributed by atoms with Crippen molar-refractivity contribution in [3.63, 3.8) is 0 Å². The molecule has 0 radical (unpaired) electrons. The van der Waals surface area contributed by atoms with Crippen LogP contribution in [-0.2, 0) is 4.58 Å². The minimum atomic E-state index is -4.19. The SMILES string of the molecule is [O-][O+]=C[C@H](O)C(F)(F)[C@H](O)[C@H](O)CO. The average Bonchev–Trinajstić information content (AvgIpc) is 2.15. The van der Waals surface area contributed by atoms with E-state index in [1.54, 1.807) is 0 Å². The van der Waals surface area contributed by atoms with Crippen LogP contribution < -0.4 is 5.26 Å². The van der Waals surface area contributed by atoms with Gasteiger partial charge in [0.25, 0.3) is 0 Å². The van der Waals surface area contributed by atoms with Gasteiger partial charge in [0.1, 0.15) is 12.2 Å². The maximum atomic E-state index is 12.8. The van der Waals surface area contributed by atoms with Gasteiger partial charge in [0.2, 0.25) is 6.10 Å². The van der Waals surface area contributed by atoms with E-state index in [1.165, 1.54) is 0 Å². The summed E-state index contributed by atoms with van der Waals surface area (Å²) in [6, 6.07) is 0. The van der Waals surface area contributed by atoms with E-state index < -0.39 is 30.8 Å². The third kappa shape index (κ3) is 2.84. The van der Waals surface area contributed by atoms with E-state index in [9.17, 15) is 14.0 Å². The van der Waals surface area contributed by atoms with Crippen LogP contribution in [0.4, 0.5) is 8.78 Å². The van der Waals surface area contributed by atoms with E-state index in [2.05, 4.69) is 4.58 Å². The number of halogens is 2. The Balaban J connectivity index is 4.58. The van der Waals surface area contributed by atoms with Gasteiger partial charge < -0.3 is 25.7 Å². The van der Waals surface area contributed by atoms with Crippen LogP contribution in [-0.4, -0.2) is 57.6 Å². The van der Waals surface area contributed by atoms with Crippen molar-refractivity contribution in [1.29, 1.82) is 0 Å². The van der Waals surface area contributed by atoms with Gasteiger partial charge in [-0.25, -0.2) is 0 Å². The lowest BCUT2D eigenvalue weighted by atomic mass is 10.0. The molecule has 0 saturated heterocycles. The molecule has 0 rings (SSSR count). The van der Waals surface area contributed by atoms with Crippen molar-refractivity contribution in [2.45, 2.75) is 24.2 Å². The lowest BCUT2D eigenvalue weighted by Crippen LogP contribution is -2.52. The maximum absolute atomic E-state index is 12.8. The first kappa shape index (κ1) is 13.2. The second kappa shape index (κ2) is 5.15. The van der Waals surface area contributed by atoms with Gasteiger partial charge in [-0.3, -0.25) is 0 Å². The summed E-state index contributed by atoms with van der Waals surface area (Å²) in [5.41, 5.74) is 0. The highest BCUT2D eigenvalue weighted by Crippen LogP contribution is 2.24. The van der Waals surface area contributed by atoms with Gasteiger partial charge >= 0.3 is 12.2 Å². The van der Waals surface area contributed by atoms with Crippen molar-refractivity contribution in [3.8, 4) is 0 Å². The van der Waals surface area contributed by atoms with Crippen molar-refractivity contribution in [1.82, 2.24) is 0 Å². The highest BCUT2D eigenvalue weighted by Gasteiger charge is 2.51. The van der Waals surface area contributed by atoms with Crippen molar-refractivity contribution in [3.05, 3.63) is 0 Å². The smallest absolute Gasteiger partial charge is 0.352 e. The molecule has 0 heterocycles. The van der Waals surface area contributed by atoms with Crippen LogP contribution in [0.3, 0.4) is 0 Å². The predicted octanol–water partition coefficient (Wildman–Crippen LogP) is -3.29. The Morgan fingerprint density at radius 2 is 1.86 bits per heavy atom. The Morgan fingerprint density at radius 3 is 2.21 bits per heavy atom. The monoisotopic (exact) mass is 216 g/mol. The number of alkyl halides is 2. The van der Waals surface area contributed by atoms with Gasteiger partial charge in [-0.05, 0) is 0 Å². The van der Waals surface area contributed by atoms with Gasteiger partial charge in [-0.1, -0.05) is 0 Å². The van der Waals surface area contributed by atoms with Gasteiger partial charge in [-0.15, -0.1) is 0 Å². The van der Waals surface area contributed by atoms with E-state index in [1.807, 2.05) is 0 Å². The topological polar surface area (TPSA) is 115 Å². The predicted molar refractivity (Wildman–Crippen MR) is 36.1 cm³/mol. The Hall–Kier alpha value is -0.830. The maximum Gasteiger partial charge on any atom is 0.352 e. The van der Waals surface area contributed by atoms with Crippen LogP contribution in [0.5, 0.6) is 0 Å². The Bertz CT molecular complexity index is 197. The van der Waals surface area contributed by atoms with Crippen molar-refractivity contribution < 1.29 is 39.0 Å². The van der Waals surface area contributed by atoms with Crippen LogP contribution in [0.15, 0.2) is 0 Å². The number of aliphatic hydroxyl groups excluding tert-OH is 4. The summed E-state index contributed by atoms with van der Waals surface area (Å²) in [7, 11) is 0. The van der Waals surface area contributed by atoms with Crippen LogP contribution in [0.2, 0.25) is 0 Å². The first-order valence-corrected chi connectivity index (χ1v) is 3.52. The van der Waals surface area contributed by atoms with E-state index >= 15 is 0 Å². The largest absolute Gasteiger partial charge is 0.463 e. The molecule has 3 atom stereocenters. The van der Waals surface area contributed by atoms with Gasteiger partial charge in [0.05, 0.1) is 6.61 Å². The molecule has 6 nitrogen and oxygen atoms in total. The second-order valence-corrected chi connectivity index (χ2v) is 2.55. The minimum Gasteiger partial charge on any atom is -0.463 e. The fourth-order valence-electron chi connectivity index (χ4n) is 0.675. The molecule has 0 aromatic heterocycles. The molecule has 0 unspecified atom stereocenters. The molecular weight excluding hydrogens is 206 g/mol. The molecule has 0 fully saturated rings. The quantitative estimate of drug-likeness (QED) is 0.166. The lowest BCUT2D eigenvalue weighted by Gasteiger charge is -2.25. The van der Waals surface area contributed by atoms with E-state index in [-0.39, 0.29) is 6.29 Å². The number of rotatable bonds is 5. The number of carbonyl (C=O) groups excluding carboxylic acids is 1. The third-order valence-electron chi connectivity index (χ3n) is 1.52. The summed E-state index contributed by atoms with van der Waals surface area (Å²) in [6.07, 6.45) is -7.64. The number of hydrogen-bond acceptors (Lipinski definition) is 5. The fraction of sp³-hybridized carbons (Fsp3) is 0.833. The number of aldehydes is 1. The van der Waals surface area contributed by atoms with E-state index in [4.69, 9.17) is 20.4 Å². The molecule has 0 aromatic rings. The average molecular weight is 216 g/mol. The van der Waals surface area contributed by atoms with Gasteiger partial charge in [0, 0.05) is 0 Å². The molecule has 0 aliphatic carbocycles. The zero-order valence-electron chi connectivity index (χ0n) is 6.88. The third-order valence-corrected chi connectivity index (χ3v) is 1.52. The Morgan fingerprint density at radius 1 is 1.36 bits per heavy atom. The van der Waals surface area contributed by atoms with Gasteiger partial charge in [0.15, 0.2) is 0 Å². The summed E-state index contributed by atoms with van der Waals surface area (Å²) in [5, 5.41) is 43.7. The summed E-state index contributed by atoms with van der Waals surface area (Å²) in [5.74, 6) is -4.19. The van der Waals surface area contributed by atoms with Gasteiger partial charge in [-0.2, -0.15) is 13.4 Å². The molecule has 14 heavy (non-hydrogen) atoms. The van der Waals surface area contributed by atoms with Crippen LogP contribution in [0.25, 0.3) is 0 Å². The Kier molecular flexibility index (Phi) is 4.85.